The SMILES string of the molecule is CCCC/C=C\C/C=C\CCCCCCCC(=O)OCCCCCCCCC/C=C\CCCCCCCC(=O)NC(CO)C(O)CCCCCCCCCCCCCCCCCCCCCCCCCCC. The van der Waals surface area contributed by atoms with Gasteiger partial charge in [-0.1, -0.05) is 294 Å². The number of amides is 1. The Labute approximate surface area is 449 Å². The molecule has 424 valence electrons. The van der Waals surface area contributed by atoms with Crippen LogP contribution in [0, 0.1) is 0 Å². The number of carbonyl (C=O) groups excluding carboxylic acids is 2. The van der Waals surface area contributed by atoms with Gasteiger partial charge in [0, 0.05) is 12.8 Å². The fourth-order valence-corrected chi connectivity index (χ4v) is 9.95. The maximum absolute atomic E-state index is 12.5. The first-order valence-electron chi connectivity index (χ1n) is 32.2. The number of nitrogens with one attached hydrogen (secondary N) is 1. The summed E-state index contributed by atoms with van der Waals surface area (Å²) in [5.74, 6) is -0.0661. The van der Waals surface area contributed by atoms with Gasteiger partial charge in [0.15, 0.2) is 0 Å². The molecule has 0 aromatic rings. The summed E-state index contributed by atoms with van der Waals surface area (Å²) in [4.78, 5) is 24.6. The lowest BCUT2D eigenvalue weighted by atomic mass is 10.0. The van der Waals surface area contributed by atoms with Crippen molar-refractivity contribution in [1.82, 2.24) is 5.32 Å². The fraction of sp³-hybridized carbons (Fsp3) is 0.879. The molecule has 3 N–H and O–H groups in total. The number of hydrogen-bond donors (Lipinski definition) is 3. The number of rotatable bonds is 60. The normalized spacial score (nSPS) is 12.8. The first-order chi connectivity index (χ1) is 35.5. The van der Waals surface area contributed by atoms with Gasteiger partial charge in [-0.3, -0.25) is 9.59 Å². The van der Waals surface area contributed by atoms with Crippen LogP contribution in [0.25, 0.3) is 0 Å². The van der Waals surface area contributed by atoms with Gasteiger partial charge in [0.2, 0.25) is 5.91 Å². The van der Waals surface area contributed by atoms with Crippen molar-refractivity contribution < 1.29 is 24.5 Å². The molecule has 0 spiro atoms. The van der Waals surface area contributed by atoms with Gasteiger partial charge in [0.25, 0.3) is 0 Å². The average Bonchev–Trinajstić information content (AvgIpc) is 3.38. The minimum Gasteiger partial charge on any atom is -0.466 e. The summed E-state index contributed by atoms with van der Waals surface area (Å²) in [5, 5.41) is 23.4. The van der Waals surface area contributed by atoms with Gasteiger partial charge in [-0.25, -0.2) is 0 Å². The lowest BCUT2D eigenvalue weighted by molar-refractivity contribution is -0.143. The van der Waals surface area contributed by atoms with E-state index in [1.165, 1.54) is 244 Å². The first-order valence-corrected chi connectivity index (χ1v) is 32.2. The molecule has 6 nitrogen and oxygen atoms in total. The standard InChI is InChI=1S/C66H125NO5/c1-3-5-7-9-11-13-15-17-19-20-21-22-23-24-25-26-27-28-31-34-38-42-46-50-54-58-64(69)63(62-68)67-65(70)59-55-51-47-43-39-35-32-29-30-33-37-41-45-49-53-57-61-72-66(71)60-56-52-48-44-40-36-18-16-14-12-10-8-6-4-2/h10,12,16,18,29,32,63-64,68-69H,3-9,11,13-15,17,19-28,30-31,33-62H2,1-2H3,(H,67,70)/b12-10-,18-16-,32-29-. The Morgan fingerprint density at radius 2 is 0.708 bits per heavy atom. The highest BCUT2D eigenvalue weighted by molar-refractivity contribution is 5.76. The number of unbranched alkanes of at least 4 members (excludes halogenated alkanes) is 43. The molecule has 0 aromatic carbocycles. The number of aliphatic hydroxyl groups is 2. The summed E-state index contributed by atoms with van der Waals surface area (Å²) in [6.45, 7) is 4.90. The first kappa shape index (κ1) is 70.1. The van der Waals surface area contributed by atoms with E-state index in [1.54, 1.807) is 0 Å². The lowest BCUT2D eigenvalue weighted by Gasteiger charge is -2.22. The van der Waals surface area contributed by atoms with Gasteiger partial charge in [-0.2, -0.15) is 0 Å². The number of esters is 1. The molecular weight excluding hydrogens is 887 g/mol. The van der Waals surface area contributed by atoms with Gasteiger partial charge in [-0.15, -0.1) is 0 Å². The van der Waals surface area contributed by atoms with Gasteiger partial charge in [0.05, 0.1) is 25.4 Å². The largest absolute Gasteiger partial charge is 0.466 e. The molecule has 2 unspecified atom stereocenters. The van der Waals surface area contributed by atoms with Crippen LogP contribution in [0.1, 0.15) is 348 Å². The van der Waals surface area contributed by atoms with Crippen LogP contribution in [0.2, 0.25) is 0 Å². The van der Waals surface area contributed by atoms with Crippen molar-refractivity contribution in [2.45, 2.75) is 360 Å². The predicted octanol–water partition coefficient (Wildman–Crippen LogP) is 20.4. The Kier molecular flexibility index (Phi) is 60.0. The maximum Gasteiger partial charge on any atom is 0.305 e. The summed E-state index contributed by atoms with van der Waals surface area (Å²) in [6, 6.07) is -0.556. The Hall–Kier alpha value is -1.92. The Bertz CT molecular complexity index is 1170. The third-order valence-electron chi connectivity index (χ3n) is 14.9. The van der Waals surface area contributed by atoms with Crippen molar-refractivity contribution in [2.24, 2.45) is 0 Å². The molecule has 72 heavy (non-hydrogen) atoms. The maximum atomic E-state index is 12.5. The highest BCUT2D eigenvalue weighted by Gasteiger charge is 2.20. The highest BCUT2D eigenvalue weighted by atomic mass is 16.5. The van der Waals surface area contributed by atoms with Crippen LogP contribution in [0.15, 0.2) is 36.5 Å². The molecule has 2 atom stereocenters. The van der Waals surface area contributed by atoms with Crippen LogP contribution >= 0.6 is 0 Å². The molecule has 0 fully saturated rings. The van der Waals surface area contributed by atoms with Crippen molar-refractivity contribution in [3.8, 4) is 0 Å². The van der Waals surface area contributed by atoms with Crippen LogP contribution in [0.4, 0.5) is 0 Å². The zero-order valence-corrected chi connectivity index (χ0v) is 48.4. The summed E-state index contributed by atoms with van der Waals surface area (Å²) in [7, 11) is 0. The molecular formula is C66H125NO5. The summed E-state index contributed by atoms with van der Waals surface area (Å²) in [6.07, 6.45) is 77.3. The Morgan fingerprint density at radius 1 is 0.389 bits per heavy atom. The Balaban J connectivity index is 3.46. The lowest BCUT2D eigenvalue weighted by Crippen LogP contribution is -2.45. The van der Waals surface area contributed by atoms with Crippen LogP contribution in [-0.2, 0) is 14.3 Å². The quantitative estimate of drug-likeness (QED) is 0.0320. The zero-order valence-electron chi connectivity index (χ0n) is 48.4. The molecule has 0 heterocycles. The van der Waals surface area contributed by atoms with Crippen molar-refractivity contribution in [3.63, 3.8) is 0 Å². The van der Waals surface area contributed by atoms with E-state index in [0.29, 0.717) is 25.9 Å². The van der Waals surface area contributed by atoms with Crippen LogP contribution in [0.3, 0.4) is 0 Å². The summed E-state index contributed by atoms with van der Waals surface area (Å²) >= 11 is 0. The van der Waals surface area contributed by atoms with Crippen LogP contribution in [-0.4, -0.2) is 47.4 Å². The molecule has 0 saturated carbocycles. The van der Waals surface area contributed by atoms with Gasteiger partial charge < -0.3 is 20.3 Å². The Morgan fingerprint density at radius 3 is 1.11 bits per heavy atom. The number of hydrogen-bond acceptors (Lipinski definition) is 5. The topological polar surface area (TPSA) is 95.9 Å². The summed E-state index contributed by atoms with van der Waals surface area (Å²) in [5.41, 5.74) is 0. The second-order valence-corrected chi connectivity index (χ2v) is 22.1. The molecule has 0 aliphatic heterocycles. The fourth-order valence-electron chi connectivity index (χ4n) is 9.95. The molecule has 0 bridgehead atoms. The minimum absolute atomic E-state index is 0.0168. The summed E-state index contributed by atoms with van der Waals surface area (Å²) < 4.78 is 5.46. The molecule has 0 radical (unpaired) electrons. The van der Waals surface area contributed by atoms with Crippen molar-refractivity contribution in [1.29, 1.82) is 0 Å². The second-order valence-electron chi connectivity index (χ2n) is 22.1. The molecule has 0 aliphatic carbocycles. The number of ether oxygens (including phenoxy) is 1. The molecule has 0 rings (SSSR count). The molecule has 1 amide bonds. The number of allylic oxidation sites excluding steroid dienone is 6. The zero-order chi connectivity index (χ0) is 52.2. The van der Waals surface area contributed by atoms with E-state index in [9.17, 15) is 19.8 Å². The van der Waals surface area contributed by atoms with E-state index >= 15 is 0 Å². The van der Waals surface area contributed by atoms with Gasteiger partial charge >= 0.3 is 5.97 Å². The van der Waals surface area contributed by atoms with Crippen molar-refractivity contribution in [2.75, 3.05) is 13.2 Å². The van der Waals surface area contributed by atoms with E-state index in [1.807, 2.05) is 0 Å². The van der Waals surface area contributed by atoms with Gasteiger partial charge in [0.1, 0.15) is 0 Å². The monoisotopic (exact) mass is 1010 g/mol. The highest BCUT2D eigenvalue weighted by Crippen LogP contribution is 2.18. The number of aliphatic hydroxyl groups excluding tert-OH is 2. The van der Waals surface area contributed by atoms with Gasteiger partial charge in [-0.05, 0) is 77.0 Å². The van der Waals surface area contributed by atoms with E-state index in [2.05, 4.69) is 55.6 Å². The van der Waals surface area contributed by atoms with Crippen LogP contribution in [0.5, 0.6) is 0 Å². The third-order valence-corrected chi connectivity index (χ3v) is 14.9. The third kappa shape index (κ3) is 57.4. The molecule has 6 heteroatoms. The average molecular weight is 1010 g/mol. The predicted molar refractivity (Wildman–Crippen MR) is 315 cm³/mol. The molecule has 0 saturated heterocycles. The van der Waals surface area contributed by atoms with Crippen molar-refractivity contribution >= 4 is 11.9 Å². The molecule has 0 aromatic heterocycles. The smallest absolute Gasteiger partial charge is 0.305 e. The van der Waals surface area contributed by atoms with E-state index in [-0.39, 0.29) is 18.5 Å². The second kappa shape index (κ2) is 61.6. The van der Waals surface area contributed by atoms with Crippen LogP contribution < -0.4 is 5.32 Å². The minimum atomic E-state index is -0.677. The molecule has 0 aliphatic rings. The number of carbonyl (C=O) groups is 2. The van der Waals surface area contributed by atoms with Crippen molar-refractivity contribution in [3.05, 3.63) is 36.5 Å². The van der Waals surface area contributed by atoms with E-state index in [0.717, 1.165) is 70.6 Å². The van der Waals surface area contributed by atoms with E-state index in [4.69, 9.17) is 4.74 Å². The van der Waals surface area contributed by atoms with E-state index < -0.39 is 12.1 Å².